The van der Waals surface area contributed by atoms with Crippen molar-refractivity contribution < 1.29 is 14.3 Å². The highest BCUT2D eigenvalue weighted by atomic mass is 35.5. The van der Waals surface area contributed by atoms with Crippen LogP contribution in [0.25, 0.3) is 0 Å². The Bertz CT molecular complexity index is 1050. The van der Waals surface area contributed by atoms with Crippen molar-refractivity contribution in [2.45, 2.75) is 32.2 Å². The molecular weight excluding hydrogens is 461 g/mol. The lowest BCUT2D eigenvalue weighted by Crippen LogP contribution is -2.39. The number of benzene rings is 2. The van der Waals surface area contributed by atoms with Gasteiger partial charge in [-0.15, -0.1) is 0 Å². The molecule has 1 heterocycles. The van der Waals surface area contributed by atoms with E-state index >= 15 is 0 Å². The minimum atomic E-state index is -0.387. The summed E-state index contributed by atoms with van der Waals surface area (Å²) in [7, 11) is 1.87. The van der Waals surface area contributed by atoms with Gasteiger partial charge in [0, 0.05) is 24.5 Å². The molecule has 3 rings (SSSR count). The van der Waals surface area contributed by atoms with Gasteiger partial charge < -0.3 is 20.3 Å². The molecule has 2 aromatic carbocycles. The molecule has 174 valence electrons. The van der Waals surface area contributed by atoms with Crippen molar-refractivity contribution in [3.8, 4) is 0 Å². The Labute approximate surface area is 204 Å². The van der Waals surface area contributed by atoms with Crippen LogP contribution in [0, 0.1) is 0 Å². The third-order valence-electron chi connectivity index (χ3n) is 5.18. The maximum Gasteiger partial charge on any atom is 0.310 e. The van der Waals surface area contributed by atoms with Crippen LogP contribution in [-0.4, -0.2) is 36.5 Å². The molecule has 8 heteroatoms. The first-order valence-electron chi connectivity index (χ1n) is 10.7. The van der Waals surface area contributed by atoms with Gasteiger partial charge in [-0.3, -0.25) is 9.59 Å². The molecule has 6 nitrogen and oxygen atoms in total. The van der Waals surface area contributed by atoms with E-state index < -0.39 is 0 Å². The lowest BCUT2D eigenvalue weighted by Gasteiger charge is -2.21. The largest absolute Gasteiger partial charge is 0.463 e. The van der Waals surface area contributed by atoms with E-state index in [2.05, 4.69) is 10.6 Å². The zero-order valence-corrected chi connectivity index (χ0v) is 20.1. The summed E-state index contributed by atoms with van der Waals surface area (Å²) in [6.07, 6.45) is 6.91. The molecule has 0 radical (unpaired) electrons. The van der Waals surface area contributed by atoms with Crippen LogP contribution < -0.4 is 10.6 Å². The second-order valence-electron chi connectivity index (χ2n) is 7.73. The molecule has 2 aromatic rings. The Morgan fingerprint density at radius 1 is 1.12 bits per heavy atom. The predicted octanol–water partition coefficient (Wildman–Crippen LogP) is 5.45. The Morgan fingerprint density at radius 2 is 1.85 bits per heavy atom. The van der Waals surface area contributed by atoms with Gasteiger partial charge >= 0.3 is 5.97 Å². The van der Waals surface area contributed by atoms with E-state index in [1.54, 1.807) is 24.4 Å². The predicted molar refractivity (Wildman–Crippen MR) is 133 cm³/mol. The number of anilines is 2. The molecule has 0 bridgehead atoms. The maximum absolute atomic E-state index is 12.6. The second kappa shape index (κ2) is 11.8. The van der Waals surface area contributed by atoms with Gasteiger partial charge in [-0.05, 0) is 42.8 Å². The molecule has 1 atom stereocenters. The smallest absolute Gasteiger partial charge is 0.310 e. The first-order valence-corrected chi connectivity index (χ1v) is 11.5. The van der Waals surface area contributed by atoms with Gasteiger partial charge in [0.1, 0.15) is 6.61 Å². The SMILES string of the molecule is CCC(COC(=O)Cc1ccccc1Nc1c(Cl)cccc1Cl)NC(=O)C1=CN(C)C=CC1. The van der Waals surface area contributed by atoms with Gasteiger partial charge in [-0.25, -0.2) is 0 Å². The Kier molecular flexibility index (Phi) is 8.80. The molecular formula is C25H27Cl2N3O3. The molecule has 2 N–H and O–H groups in total. The van der Waals surface area contributed by atoms with Crippen LogP contribution in [0.2, 0.25) is 10.0 Å². The standard InChI is InChI=1S/C25H27Cl2N3O3/c1-3-19(28-25(32)18-9-7-13-30(2)15-18)16-33-23(31)14-17-8-4-5-12-22(17)29-24-20(26)10-6-11-21(24)27/h4-8,10-13,15,19,29H,3,9,14,16H2,1-2H3,(H,28,32). The highest BCUT2D eigenvalue weighted by Crippen LogP contribution is 2.33. The molecule has 0 fully saturated rings. The van der Waals surface area contributed by atoms with Crippen molar-refractivity contribution in [2.75, 3.05) is 19.0 Å². The van der Waals surface area contributed by atoms with Gasteiger partial charge in [0.25, 0.3) is 0 Å². The summed E-state index contributed by atoms with van der Waals surface area (Å²) in [4.78, 5) is 26.9. The summed E-state index contributed by atoms with van der Waals surface area (Å²) in [6.45, 7) is 2.04. The van der Waals surface area contributed by atoms with E-state index in [1.807, 2.05) is 55.4 Å². The Balaban J connectivity index is 1.58. The number of rotatable bonds is 9. The highest BCUT2D eigenvalue weighted by Gasteiger charge is 2.18. The zero-order valence-electron chi connectivity index (χ0n) is 18.6. The molecule has 1 amide bonds. The highest BCUT2D eigenvalue weighted by molar-refractivity contribution is 6.39. The third kappa shape index (κ3) is 7.01. The fraction of sp³-hybridized carbons (Fsp3) is 0.280. The fourth-order valence-electron chi connectivity index (χ4n) is 3.33. The molecule has 1 aliphatic heterocycles. The van der Waals surface area contributed by atoms with Crippen molar-refractivity contribution in [2.24, 2.45) is 0 Å². The van der Waals surface area contributed by atoms with Crippen molar-refractivity contribution in [3.63, 3.8) is 0 Å². The number of para-hydroxylation sites is 2. The van der Waals surface area contributed by atoms with Crippen molar-refractivity contribution in [3.05, 3.63) is 82.1 Å². The molecule has 0 spiro atoms. The monoisotopic (exact) mass is 487 g/mol. The molecule has 1 aliphatic rings. The lowest BCUT2D eigenvalue weighted by molar-refractivity contribution is -0.144. The quantitative estimate of drug-likeness (QED) is 0.460. The number of halogens is 2. The van der Waals surface area contributed by atoms with E-state index in [9.17, 15) is 9.59 Å². The number of hydrogen-bond donors (Lipinski definition) is 2. The van der Waals surface area contributed by atoms with Gasteiger partial charge in [0.05, 0.1) is 28.2 Å². The van der Waals surface area contributed by atoms with Crippen molar-refractivity contribution in [1.29, 1.82) is 0 Å². The summed E-state index contributed by atoms with van der Waals surface area (Å²) in [6, 6.07) is 12.4. The summed E-state index contributed by atoms with van der Waals surface area (Å²) in [5.41, 5.74) is 2.71. The normalized spacial score (nSPS) is 13.8. The summed E-state index contributed by atoms with van der Waals surface area (Å²) in [5.74, 6) is -0.540. The van der Waals surface area contributed by atoms with Crippen LogP contribution in [0.5, 0.6) is 0 Å². The first-order chi connectivity index (χ1) is 15.9. The van der Waals surface area contributed by atoms with E-state index in [4.69, 9.17) is 27.9 Å². The Hall–Kier alpha value is -2.96. The number of nitrogens with one attached hydrogen (secondary N) is 2. The number of amides is 1. The number of esters is 1. The maximum atomic E-state index is 12.6. The number of carbonyl (C=O) groups excluding carboxylic acids is 2. The third-order valence-corrected chi connectivity index (χ3v) is 5.81. The number of allylic oxidation sites excluding steroid dienone is 1. The Morgan fingerprint density at radius 3 is 2.55 bits per heavy atom. The van der Waals surface area contributed by atoms with E-state index in [0.29, 0.717) is 39.8 Å². The average molecular weight is 488 g/mol. The number of ether oxygens (including phenoxy) is 1. The molecule has 0 aromatic heterocycles. The second-order valence-corrected chi connectivity index (χ2v) is 8.54. The fourth-order valence-corrected chi connectivity index (χ4v) is 3.82. The van der Waals surface area contributed by atoms with Crippen molar-refractivity contribution in [1.82, 2.24) is 10.2 Å². The van der Waals surface area contributed by atoms with Gasteiger partial charge in [-0.1, -0.05) is 60.5 Å². The van der Waals surface area contributed by atoms with E-state index in [0.717, 1.165) is 5.56 Å². The van der Waals surface area contributed by atoms with Crippen LogP contribution in [0.1, 0.15) is 25.3 Å². The number of nitrogens with zero attached hydrogens (tertiary/aromatic N) is 1. The summed E-state index contributed by atoms with van der Waals surface area (Å²) in [5, 5.41) is 7.12. The van der Waals surface area contributed by atoms with E-state index in [-0.39, 0.29) is 30.9 Å². The van der Waals surface area contributed by atoms with Crippen molar-refractivity contribution >= 4 is 46.5 Å². The number of carbonyl (C=O) groups is 2. The molecule has 0 saturated heterocycles. The lowest BCUT2D eigenvalue weighted by atomic mass is 10.1. The van der Waals surface area contributed by atoms with Gasteiger partial charge in [0.15, 0.2) is 0 Å². The number of hydrogen-bond acceptors (Lipinski definition) is 5. The minimum Gasteiger partial charge on any atom is -0.463 e. The first kappa shape index (κ1) is 24.7. The molecule has 0 saturated carbocycles. The van der Waals surface area contributed by atoms with Crippen LogP contribution in [0.15, 0.2) is 66.5 Å². The topological polar surface area (TPSA) is 70.7 Å². The van der Waals surface area contributed by atoms with Crippen LogP contribution in [-0.2, 0) is 20.7 Å². The molecule has 1 unspecified atom stereocenters. The molecule has 33 heavy (non-hydrogen) atoms. The van der Waals surface area contributed by atoms with Crippen LogP contribution >= 0.6 is 23.2 Å². The summed E-state index contributed by atoms with van der Waals surface area (Å²) >= 11 is 12.5. The molecule has 0 aliphatic carbocycles. The average Bonchev–Trinajstić information content (AvgIpc) is 2.80. The summed E-state index contributed by atoms with van der Waals surface area (Å²) < 4.78 is 5.48. The van der Waals surface area contributed by atoms with E-state index in [1.165, 1.54) is 0 Å². The van der Waals surface area contributed by atoms with Crippen LogP contribution in [0.3, 0.4) is 0 Å². The van der Waals surface area contributed by atoms with Gasteiger partial charge in [-0.2, -0.15) is 0 Å². The minimum absolute atomic E-state index is 0.0658. The van der Waals surface area contributed by atoms with Gasteiger partial charge in [0.2, 0.25) is 5.91 Å². The van der Waals surface area contributed by atoms with Crippen LogP contribution in [0.4, 0.5) is 11.4 Å². The zero-order chi connectivity index (χ0) is 23.8.